The van der Waals surface area contributed by atoms with Crippen LogP contribution in [-0.4, -0.2) is 11.8 Å². The van der Waals surface area contributed by atoms with Crippen LogP contribution in [0.1, 0.15) is 56.9 Å². The Morgan fingerprint density at radius 2 is 1.58 bits per heavy atom. The van der Waals surface area contributed by atoms with Gasteiger partial charge in [-0.05, 0) is 93.7 Å². The minimum absolute atomic E-state index is 0.109. The van der Waals surface area contributed by atoms with Gasteiger partial charge in [0.2, 0.25) is 11.8 Å². The van der Waals surface area contributed by atoms with Crippen molar-refractivity contribution in [3.63, 3.8) is 0 Å². The van der Waals surface area contributed by atoms with Gasteiger partial charge >= 0.3 is 0 Å². The van der Waals surface area contributed by atoms with Crippen LogP contribution in [0.5, 0.6) is 0 Å². The maximum absolute atomic E-state index is 13.2. The van der Waals surface area contributed by atoms with E-state index in [-0.39, 0.29) is 23.1 Å². The molecule has 0 aliphatic heterocycles. The predicted molar refractivity (Wildman–Crippen MR) is 102 cm³/mol. The quantitative estimate of drug-likeness (QED) is 0.838. The van der Waals surface area contributed by atoms with Crippen molar-refractivity contribution in [1.29, 1.82) is 0 Å². The van der Waals surface area contributed by atoms with E-state index in [2.05, 4.69) is 10.6 Å². The zero-order valence-electron chi connectivity index (χ0n) is 15.5. The number of amides is 2. The highest BCUT2D eigenvalue weighted by Crippen LogP contribution is 2.60. The maximum Gasteiger partial charge on any atom is 0.230 e. The molecule has 4 nitrogen and oxygen atoms in total. The van der Waals surface area contributed by atoms with E-state index in [1.54, 1.807) is 0 Å². The first-order valence-electron chi connectivity index (χ1n) is 10.2. The van der Waals surface area contributed by atoms with Crippen LogP contribution in [0.2, 0.25) is 0 Å². The first kappa shape index (κ1) is 16.3. The molecule has 0 unspecified atom stereocenters. The third-order valence-corrected chi connectivity index (χ3v) is 7.22. The summed E-state index contributed by atoms with van der Waals surface area (Å²) in [4.78, 5) is 25.3. The highest BCUT2D eigenvalue weighted by Gasteiger charge is 2.54. The molecule has 4 heteroatoms. The van der Waals surface area contributed by atoms with Crippen molar-refractivity contribution < 1.29 is 9.59 Å². The number of rotatable bonds is 4. The maximum atomic E-state index is 13.2. The molecule has 2 N–H and O–H groups in total. The van der Waals surface area contributed by atoms with E-state index in [1.807, 2.05) is 25.1 Å². The van der Waals surface area contributed by atoms with Crippen molar-refractivity contribution in [2.24, 2.45) is 29.1 Å². The Morgan fingerprint density at radius 1 is 0.962 bits per heavy atom. The molecule has 5 fully saturated rings. The first-order valence-corrected chi connectivity index (χ1v) is 10.2. The highest BCUT2D eigenvalue weighted by atomic mass is 16.2. The second-order valence-corrected chi connectivity index (χ2v) is 9.45. The summed E-state index contributed by atoms with van der Waals surface area (Å²) in [5.41, 5.74) is 2.52. The van der Waals surface area contributed by atoms with Crippen LogP contribution in [0.15, 0.2) is 18.2 Å². The Kier molecular flexibility index (Phi) is 3.67. The molecule has 0 spiro atoms. The summed E-state index contributed by atoms with van der Waals surface area (Å²) in [5, 5.41) is 6.23. The van der Waals surface area contributed by atoms with Crippen molar-refractivity contribution in [2.75, 3.05) is 10.6 Å². The molecule has 138 valence electrons. The fourth-order valence-corrected chi connectivity index (χ4v) is 6.07. The number of hydrogen-bond donors (Lipinski definition) is 2. The van der Waals surface area contributed by atoms with E-state index >= 15 is 0 Å². The Bertz CT molecular complexity index is 730. The lowest BCUT2D eigenvalue weighted by Gasteiger charge is -2.55. The Morgan fingerprint density at radius 3 is 2.15 bits per heavy atom. The lowest BCUT2D eigenvalue weighted by molar-refractivity contribution is -0.140. The highest BCUT2D eigenvalue weighted by molar-refractivity contribution is 5.98. The van der Waals surface area contributed by atoms with E-state index in [9.17, 15) is 9.59 Å². The zero-order valence-corrected chi connectivity index (χ0v) is 15.5. The van der Waals surface area contributed by atoms with E-state index in [4.69, 9.17) is 0 Å². The molecule has 0 saturated heterocycles. The summed E-state index contributed by atoms with van der Waals surface area (Å²) in [6.07, 6.45) is 9.23. The molecule has 0 aromatic heterocycles. The van der Waals surface area contributed by atoms with E-state index in [0.717, 1.165) is 66.8 Å². The Balaban J connectivity index is 1.33. The minimum Gasteiger partial charge on any atom is -0.326 e. The molecular weight excluding hydrogens is 324 g/mol. The molecule has 6 rings (SSSR count). The first-order chi connectivity index (χ1) is 12.5. The van der Waals surface area contributed by atoms with E-state index in [1.165, 1.54) is 19.3 Å². The van der Waals surface area contributed by atoms with Crippen molar-refractivity contribution in [3.8, 4) is 0 Å². The number of nitrogens with one attached hydrogen (secondary N) is 2. The zero-order chi connectivity index (χ0) is 17.9. The fourth-order valence-electron chi connectivity index (χ4n) is 6.07. The molecule has 2 amide bonds. The molecule has 0 radical (unpaired) electrons. The number of anilines is 2. The molecule has 5 saturated carbocycles. The summed E-state index contributed by atoms with van der Waals surface area (Å²) in [6, 6.07) is 5.87. The lowest BCUT2D eigenvalue weighted by atomic mass is 9.49. The number of carbonyl (C=O) groups is 2. The van der Waals surface area contributed by atoms with E-state index < -0.39 is 0 Å². The average Bonchev–Trinajstić information content (AvgIpc) is 3.41. The monoisotopic (exact) mass is 352 g/mol. The van der Waals surface area contributed by atoms with Crippen molar-refractivity contribution in [2.45, 2.75) is 58.3 Å². The molecular formula is C22H28N2O2. The van der Waals surface area contributed by atoms with Gasteiger partial charge in [0.25, 0.3) is 0 Å². The summed E-state index contributed by atoms with van der Waals surface area (Å²) >= 11 is 0. The number of hydrogen-bond acceptors (Lipinski definition) is 2. The standard InChI is InChI=1S/C22H28N2O2/c1-13-2-5-18(9-19(13)24-20(25)17-3-4-17)23-21(26)22-10-14-6-15(11-22)8-16(7-14)12-22/h2,5,9,14-17H,3-4,6-8,10-12H2,1H3,(H,23,26)(H,24,25). The third-order valence-electron chi connectivity index (χ3n) is 7.22. The van der Waals surface area contributed by atoms with Crippen molar-refractivity contribution in [3.05, 3.63) is 23.8 Å². The summed E-state index contributed by atoms with van der Waals surface area (Å²) < 4.78 is 0. The van der Waals surface area contributed by atoms with Gasteiger partial charge < -0.3 is 10.6 Å². The van der Waals surface area contributed by atoms with Crippen LogP contribution in [0, 0.1) is 36.0 Å². The summed E-state index contributed by atoms with van der Waals surface area (Å²) in [7, 11) is 0. The Labute approximate surface area is 155 Å². The van der Waals surface area contributed by atoms with E-state index in [0.29, 0.717) is 0 Å². The van der Waals surface area contributed by atoms with Crippen LogP contribution < -0.4 is 10.6 Å². The number of benzene rings is 1. The second-order valence-electron chi connectivity index (χ2n) is 9.45. The molecule has 5 aliphatic carbocycles. The smallest absolute Gasteiger partial charge is 0.230 e. The molecule has 0 heterocycles. The van der Waals surface area contributed by atoms with Crippen LogP contribution in [0.4, 0.5) is 11.4 Å². The molecule has 5 aliphatic rings. The normalized spacial score (nSPS) is 34.6. The number of aryl methyl sites for hydroxylation is 1. The third kappa shape index (κ3) is 2.83. The largest absolute Gasteiger partial charge is 0.326 e. The number of carbonyl (C=O) groups excluding carboxylic acids is 2. The average molecular weight is 352 g/mol. The summed E-state index contributed by atoms with van der Waals surface area (Å²) in [6.45, 7) is 1.99. The SMILES string of the molecule is Cc1ccc(NC(=O)C23CC4CC(CC(C4)C2)C3)cc1NC(=O)C1CC1. The Hall–Kier alpha value is -1.84. The second kappa shape index (κ2) is 5.83. The van der Waals surface area contributed by atoms with Gasteiger partial charge in [-0.2, -0.15) is 0 Å². The molecule has 26 heavy (non-hydrogen) atoms. The molecule has 1 aromatic carbocycles. The van der Waals surface area contributed by atoms with Gasteiger partial charge in [-0.25, -0.2) is 0 Å². The van der Waals surface area contributed by atoms with Crippen LogP contribution >= 0.6 is 0 Å². The van der Waals surface area contributed by atoms with Crippen molar-refractivity contribution >= 4 is 23.2 Å². The fraction of sp³-hybridized carbons (Fsp3) is 0.636. The van der Waals surface area contributed by atoms with Gasteiger partial charge in [-0.15, -0.1) is 0 Å². The van der Waals surface area contributed by atoms with Crippen LogP contribution in [-0.2, 0) is 9.59 Å². The van der Waals surface area contributed by atoms with Gasteiger partial charge in [0.1, 0.15) is 0 Å². The van der Waals surface area contributed by atoms with Gasteiger partial charge in [0, 0.05) is 17.3 Å². The summed E-state index contributed by atoms with van der Waals surface area (Å²) in [5.74, 6) is 2.78. The topological polar surface area (TPSA) is 58.2 Å². The van der Waals surface area contributed by atoms with Crippen LogP contribution in [0.25, 0.3) is 0 Å². The van der Waals surface area contributed by atoms with Crippen molar-refractivity contribution in [1.82, 2.24) is 0 Å². The van der Waals surface area contributed by atoms with Gasteiger partial charge in [-0.1, -0.05) is 6.07 Å². The molecule has 0 atom stereocenters. The van der Waals surface area contributed by atoms with Crippen LogP contribution in [0.3, 0.4) is 0 Å². The van der Waals surface area contributed by atoms with Gasteiger partial charge in [0.15, 0.2) is 0 Å². The minimum atomic E-state index is -0.142. The van der Waals surface area contributed by atoms with Gasteiger partial charge in [0.05, 0.1) is 5.41 Å². The molecule has 4 bridgehead atoms. The van der Waals surface area contributed by atoms with Gasteiger partial charge in [-0.3, -0.25) is 9.59 Å². The predicted octanol–water partition coefficient (Wildman–Crippen LogP) is 4.50. The lowest BCUT2D eigenvalue weighted by Crippen LogP contribution is -2.51. The molecule has 1 aromatic rings.